The number of carbonyl (C=O) groups excluding carboxylic acids is 1. The number of amides is 2. The van der Waals surface area contributed by atoms with Crippen molar-refractivity contribution in [1.29, 1.82) is 0 Å². The lowest BCUT2D eigenvalue weighted by atomic mass is 9.73. The third-order valence-corrected chi connectivity index (χ3v) is 5.94. The van der Waals surface area contributed by atoms with Crippen molar-refractivity contribution in [1.82, 2.24) is 14.8 Å². The molecule has 0 radical (unpaired) electrons. The van der Waals surface area contributed by atoms with Crippen LogP contribution in [-0.4, -0.2) is 48.0 Å². The second-order valence-corrected chi connectivity index (χ2v) is 7.55. The summed E-state index contributed by atoms with van der Waals surface area (Å²) in [6.45, 7) is 1.71. The highest BCUT2D eigenvalue weighted by Gasteiger charge is 2.42. The van der Waals surface area contributed by atoms with E-state index in [1.807, 2.05) is 31.4 Å². The van der Waals surface area contributed by atoms with Crippen LogP contribution in [0.5, 0.6) is 0 Å². The van der Waals surface area contributed by atoms with E-state index >= 15 is 0 Å². The van der Waals surface area contributed by atoms with Crippen molar-refractivity contribution in [3.8, 4) is 11.1 Å². The number of benzene rings is 1. The highest BCUT2D eigenvalue weighted by Crippen LogP contribution is 2.47. The number of urea groups is 1. The van der Waals surface area contributed by atoms with Gasteiger partial charge in [-0.15, -0.1) is 0 Å². The van der Waals surface area contributed by atoms with Crippen molar-refractivity contribution in [2.75, 3.05) is 27.2 Å². The first-order chi connectivity index (χ1) is 12.1. The third kappa shape index (κ3) is 2.80. The van der Waals surface area contributed by atoms with E-state index in [1.165, 1.54) is 28.7 Å². The third-order valence-electron chi connectivity index (χ3n) is 5.94. The average molecular weight is 335 g/mol. The fraction of sp³-hybridized carbons (Fsp3) is 0.429. The van der Waals surface area contributed by atoms with E-state index < -0.39 is 0 Å². The highest BCUT2D eigenvalue weighted by molar-refractivity contribution is 5.74. The van der Waals surface area contributed by atoms with Gasteiger partial charge in [-0.1, -0.05) is 18.2 Å². The second-order valence-electron chi connectivity index (χ2n) is 7.55. The molecule has 1 fully saturated rings. The number of fused-ring (bicyclic) bond motifs is 2. The van der Waals surface area contributed by atoms with Crippen LogP contribution in [0.3, 0.4) is 0 Å². The van der Waals surface area contributed by atoms with E-state index in [0.29, 0.717) is 0 Å². The molecule has 130 valence electrons. The maximum absolute atomic E-state index is 12.2. The van der Waals surface area contributed by atoms with E-state index in [0.717, 1.165) is 32.4 Å². The zero-order valence-corrected chi connectivity index (χ0v) is 15.0. The molecule has 1 saturated heterocycles. The van der Waals surface area contributed by atoms with Crippen LogP contribution in [0.4, 0.5) is 4.79 Å². The summed E-state index contributed by atoms with van der Waals surface area (Å²) in [4.78, 5) is 20.0. The summed E-state index contributed by atoms with van der Waals surface area (Å²) in [5.41, 5.74) is 5.75. The molecule has 1 aliphatic heterocycles. The van der Waals surface area contributed by atoms with Gasteiger partial charge >= 0.3 is 6.03 Å². The van der Waals surface area contributed by atoms with Crippen LogP contribution in [0, 0.1) is 0 Å². The molecule has 4 heteroatoms. The topological polar surface area (TPSA) is 36.4 Å². The van der Waals surface area contributed by atoms with Gasteiger partial charge in [0.25, 0.3) is 0 Å². The number of aromatic nitrogens is 1. The van der Waals surface area contributed by atoms with Gasteiger partial charge in [0.1, 0.15) is 0 Å². The molecule has 1 aromatic carbocycles. The van der Waals surface area contributed by atoms with Crippen molar-refractivity contribution < 1.29 is 4.79 Å². The standard InChI is InChI=1S/C21H25N3O/c1-23(2)20(25)24-13-9-21(10-14-24)8-5-17-3-4-18(15-19(17)21)16-6-11-22-12-7-16/h3-4,6-7,11-12,15H,5,8-10,13-14H2,1-2H3. The van der Waals surface area contributed by atoms with E-state index in [-0.39, 0.29) is 11.4 Å². The number of rotatable bonds is 1. The summed E-state index contributed by atoms with van der Waals surface area (Å²) >= 11 is 0. The number of carbonyl (C=O) groups is 1. The summed E-state index contributed by atoms with van der Waals surface area (Å²) in [6.07, 6.45) is 8.21. The molecule has 4 rings (SSSR count). The van der Waals surface area contributed by atoms with Crippen molar-refractivity contribution >= 4 is 6.03 Å². The summed E-state index contributed by atoms with van der Waals surface area (Å²) < 4.78 is 0. The molecule has 0 unspecified atom stereocenters. The van der Waals surface area contributed by atoms with Crippen LogP contribution >= 0.6 is 0 Å². The Morgan fingerprint density at radius 2 is 1.76 bits per heavy atom. The number of nitrogens with zero attached hydrogens (tertiary/aromatic N) is 3. The second kappa shape index (κ2) is 6.17. The van der Waals surface area contributed by atoms with Gasteiger partial charge < -0.3 is 9.80 Å². The molecule has 0 saturated carbocycles. The number of pyridine rings is 1. The monoisotopic (exact) mass is 335 g/mol. The quantitative estimate of drug-likeness (QED) is 0.796. The molecule has 0 N–H and O–H groups in total. The minimum Gasteiger partial charge on any atom is -0.331 e. The molecule has 1 aliphatic carbocycles. The van der Waals surface area contributed by atoms with E-state index in [2.05, 4.69) is 35.3 Å². The van der Waals surface area contributed by atoms with E-state index in [9.17, 15) is 4.79 Å². The van der Waals surface area contributed by atoms with Gasteiger partial charge in [-0.3, -0.25) is 4.98 Å². The summed E-state index contributed by atoms with van der Waals surface area (Å²) in [5, 5.41) is 0. The Balaban J connectivity index is 1.61. The normalized spacial score (nSPS) is 18.2. The van der Waals surface area contributed by atoms with Gasteiger partial charge in [-0.05, 0) is 65.5 Å². The smallest absolute Gasteiger partial charge is 0.319 e. The Morgan fingerprint density at radius 1 is 1.04 bits per heavy atom. The molecule has 1 spiro atoms. The van der Waals surface area contributed by atoms with Crippen LogP contribution in [0.15, 0.2) is 42.7 Å². The van der Waals surface area contributed by atoms with Gasteiger partial charge in [0, 0.05) is 39.6 Å². The lowest BCUT2D eigenvalue weighted by Crippen LogP contribution is -2.47. The Morgan fingerprint density at radius 3 is 2.44 bits per heavy atom. The molecule has 2 amide bonds. The zero-order valence-electron chi connectivity index (χ0n) is 15.0. The van der Waals surface area contributed by atoms with Gasteiger partial charge in [-0.2, -0.15) is 0 Å². The summed E-state index contributed by atoms with van der Waals surface area (Å²) in [6, 6.07) is 11.2. The number of piperidine rings is 1. The van der Waals surface area contributed by atoms with Gasteiger partial charge in [-0.25, -0.2) is 4.79 Å². The molecule has 2 aromatic rings. The molecule has 0 bridgehead atoms. The minimum absolute atomic E-state index is 0.138. The Hall–Kier alpha value is -2.36. The van der Waals surface area contributed by atoms with Crippen LogP contribution < -0.4 is 0 Å². The first-order valence-corrected chi connectivity index (χ1v) is 9.09. The Kier molecular flexibility index (Phi) is 3.98. The van der Waals surface area contributed by atoms with Gasteiger partial charge in [0.2, 0.25) is 0 Å². The van der Waals surface area contributed by atoms with E-state index in [1.54, 1.807) is 4.90 Å². The van der Waals surface area contributed by atoms with E-state index in [4.69, 9.17) is 0 Å². The number of likely N-dealkylation sites (tertiary alicyclic amines) is 1. The molecule has 4 nitrogen and oxygen atoms in total. The molecular weight excluding hydrogens is 310 g/mol. The molecule has 2 aliphatic rings. The SMILES string of the molecule is CN(C)C(=O)N1CCC2(CCc3ccc(-c4ccncc4)cc32)CC1. The maximum Gasteiger partial charge on any atom is 0.319 e. The molecular formula is C21H25N3O. The maximum atomic E-state index is 12.2. The van der Waals surface area contributed by atoms with Gasteiger partial charge in [0.05, 0.1) is 0 Å². The Bertz CT molecular complexity index is 777. The number of hydrogen-bond acceptors (Lipinski definition) is 2. The lowest BCUT2D eigenvalue weighted by Gasteiger charge is -2.41. The van der Waals surface area contributed by atoms with Crippen molar-refractivity contribution in [3.05, 3.63) is 53.9 Å². The van der Waals surface area contributed by atoms with Crippen LogP contribution in [-0.2, 0) is 11.8 Å². The minimum atomic E-state index is 0.138. The first kappa shape index (κ1) is 16.1. The summed E-state index contributed by atoms with van der Waals surface area (Å²) in [5.74, 6) is 0. The van der Waals surface area contributed by atoms with Crippen molar-refractivity contribution in [2.45, 2.75) is 31.1 Å². The number of hydrogen-bond donors (Lipinski definition) is 0. The highest BCUT2D eigenvalue weighted by atomic mass is 16.2. The predicted molar refractivity (Wildman–Crippen MR) is 99.6 cm³/mol. The average Bonchev–Trinajstić information content (AvgIpc) is 3.00. The van der Waals surface area contributed by atoms with Crippen molar-refractivity contribution in [3.63, 3.8) is 0 Å². The molecule has 25 heavy (non-hydrogen) atoms. The lowest BCUT2D eigenvalue weighted by molar-refractivity contribution is 0.137. The van der Waals surface area contributed by atoms with Crippen molar-refractivity contribution in [2.24, 2.45) is 0 Å². The zero-order chi connectivity index (χ0) is 17.4. The van der Waals surface area contributed by atoms with Crippen LogP contribution in [0.1, 0.15) is 30.4 Å². The molecule has 1 aromatic heterocycles. The molecule has 2 heterocycles. The fourth-order valence-corrected chi connectivity index (χ4v) is 4.45. The van der Waals surface area contributed by atoms with Gasteiger partial charge in [0.15, 0.2) is 0 Å². The fourth-order valence-electron chi connectivity index (χ4n) is 4.45. The first-order valence-electron chi connectivity index (χ1n) is 9.09. The Labute approximate surface area is 149 Å². The largest absolute Gasteiger partial charge is 0.331 e. The van der Waals surface area contributed by atoms with Crippen LogP contribution in [0.25, 0.3) is 11.1 Å². The summed E-state index contributed by atoms with van der Waals surface area (Å²) in [7, 11) is 3.66. The molecule has 0 atom stereocenters. The predicted octanol–water partition coefficient (Wildman–Crippen LogP) is 3.71. The number of aryl methyl sites for hydroxylation is 1. The van der Waals surface area contributed by atoms with Crippen LogP contribution in [0.2, 0.25) is 0 Å².